The maximum atomic E-state index is 12.6. The van der Waals surface area contributed by atoms with E-state index in [1.54, 1.807) is 19.1 Å². The van der Waals surface area contributed by atoms with Gasteiger partial charge in [-0.2, -0.15) is 8.78 Å². The molecule has 3 rings (SSSR count). The van der Waals surface area contributed by atoms with Gasteiger partial charge in [0.05, 0.1) is 10.9 Å². The van der Waals surface area contributed by atoms with Gasteiger partial charge in [-0.15, -0.1) is 0 Å². The second-order valence-electron chi connectivity index (χ2n) is 7.28. The Bertz CT molecular complexity index is 992. The van der Waals surface area contributed by atoms with Gasteiger partial charge in [-0.3, -0.25) is 4.79 Å². The molecule has 6 nitrogen and oxygen atoms in total. The molecule has 1 unspecified atom stereocenters. The Hall–Kier alpha value is -2.52. The zero-order valence-electron chi connectivity index (χ0n) is 16.5. The Morgan fingerprint density at radius 1 is 1.10 bits per heavy atom. The SMILES string of the molecule is CC(NC(=O)c1cccc(S(=O)(=O)NC2CCCC2)c1)c1cccc(OC(F)F)c1. The summed E-state index contributed by atoms with van der Waals surface area (Å²) in [6, 6.07) is 11.3. The lowest BCUT2D eigenvalue weighted by Crippen LogP contribution is -2.33. The molecule has 2 aromatic rings. The third kappa shape index (κ3) is 5.76. The minimum Gasteiger partial charge on any atom is -0.435 e. The van der Waals surface area contributed by atoms with E-state index in [2.05, 4.69) is 14.8 Å². The highest BCUT2D eigenvalue weighted by molar-refractivity contribution is 7.89. The molecule has 0 aliphatic heterocycles. The van der Waals surface area contributed by atoms with Crippen LogP contribution in [-0.4, -0.2) is 27.0 Å². The fraction of sp³-hybridized carbons (Fsp3) is 0.381. The Kier molecular flexibility index (Phi) is 7.04. The first-order chi connectivity index (χ1) is 14.2. The van der Waals surface area contributed by atoms with Crippen LogP contribution in [0, 0.1) is 0 Å². The van der Waals surface area contributed by atoms with E-state index in [0.29, 0.717) is 5.56 Å². The second-order valence-corrected chi connectivity index (χ2v) is 8.99. The van der Waals surface area contributed by atoms with Crippen LogP contribution in [0.1, 0.15) is 54.6 Å². The van der Waals surface area contributed by atoms with E-state index in [-0.39, 0.29) is 22.3 Å². The molecule has 0 radical (unpaired) electrons. The predicted octanol–water partition coefficient (Wildman–Crippen LogP) is 4.00. The van der Waals surface area contributed by atoms with Gasteiger partial charge >= 0.3 is 6.61 Å². The van der Waals surface area contributed by atoms with Gasteiger partial charge in [-0.25, -0.2) is 13.1 Å². The molecular weight excluding hydrogens is 414 g/mol. The number of carbonyl (C=O) groups excluding carboxylic acids is 1. The molecule has 1 fully saturated rings. The molecule has 2 aromatic carbocycles. The number of carbonyl (C=O) groups is 1. The topological polar surface area (TPSA) is 84.5 Å². The fourth-order valence-corrected chi connectivity index (χ4v) is 4.81. The van der Waals surface area contributed by atoms with Crippen LogP contribution in [0.25, 0.3) is 0 Å². The lowest BCUT2D eigenvalue weighted by Gasteiger charge is -2.16. The molecule has 1 saturated carbocycles. The summed E-state index contributed by atoms with van der Waals surface area (Å²) >= 11 is 0. The number of alkyl halides is 2. The van der Waals surface area contributed by atoms with Crippen molar-refractivity contribution in [1.29, 1.82) is 0 Å². The van der Waals surface area contributed by atoms with E-state index in [1.165, 1.54) is 36.4 Å². The lowest BCUT2D eigenvalue weighted by molar-refractivity contribution is -0.0499. The van der Waals surface area contributed by atoms with Crippen LogP contribution in [0.2, 0.25) is 0 Å². The van der Waals surface area contributed by atoms with E-state index in [4.69, 9.17) is 0 Å². The first-order valence-electron chi connectivity index (χ1n) is 9.72. The van der Waals surface area contributed by atoms with Crippen LogP contribution < -0.4 is 14.8 Å². The molecule has 0 heterocycles. The summed E-state index contributed by atoms with van der Waals surface area (Å²) in [7, 11) is -3.72. The van der Waals surface area contributed by atoms with Crippen molar-refractivity contribution in [1.82, 2.24) is 10.0 Å². The Balaban J connectivity index is 1.70. The Labute approximate surface area is 174 Å². The van der Waals surface area contributed by atoms with Crippen LogP contribution in [0.5, 0.6) is 5.75 Å². The standard InChI is InChI=1S/C21H24F2N2O4S/c1-14(15-6-4-10-18(12-15)29-21(22)23)24-20(26)16-7-5-11-19(13-16)30(27,28)25-17-8-2-3-9-17/h4-7,10-14,17,21,25H,2-3,8-9H2,1H3,(H,24,26). The van der Waals surface area contributed by atoms with Gasteiger partial charge in [0, 0.05) is 11.6 Å². The van der Waals surface area contributed by atoms with Crippen LogP contribution in [0.3, 0.4) is 0 Å². The van der Waals surface area contributed by atoms with Crippen LogP contribution in [0.4, 0.5) is 8.78 Å². The highest BCUT2D eigenvalue weighted by Crippen LogP contribution is 2.23. The zero-order chi connectivity index (χ0) is 21.7. The molecule has 2 N–H and O–H groups in total. The molecule has 0 aromatic heterocycles. The van der Waals surface area contributed by atoms with Crippen LogP contribution in [0.15, 0.2) is 53.4 Å². The van der Waals surface area contributed by atoms with Crippen molar-refractivity contribution in [2.45, 2.75) is 56.2 Å². The molecule has 1 atom stereocenters. The number of ether oxygens (including phenoxy) is 1. The highest BCUT2D eigenvalue weighted by atomic mass is 32.2. The predicted molar refractivity (Wildman–Crippen MR) is 108 cm³/mol. The van der Waals surface area contributed by atoms with Gasteiger partial charge in [0.25, 0.3) is 5.91 Å². The summed E-state index contributed by atoms with van der Waals surface area (Å²) in [6.45, 7) is -1.24. The van der Waals surface area contributed by atoms with Crippen molar-refractivity contribution in [2.24, 2.45) is 0 Å². The molecule has 30 heavy (non-hydrogen) atoms. The minimum atomic E-state index is -3.72. The summed E-state index contributed by atoms with van der Waals surface area (Å²) in [5, 5.41) is 2.75. The molecule has 162 valence electrons. The van der Waals surface area contributed by atoms with E-state index >= 15 is 0 Å². The number of sulfonamides is 1. The van der Waals surface area contributed by atoms with E-state index in [1.807, 2.05) is 0 Å². The van der Waals surface area contributed by atoms with Crippen molar-refractivity contribution < 1.29 is 26.7 Å². The van der Waals surface area contributed by atoms with Crippen molar-refractivity contribution in [3.63, 3.8) is 0 Å². The number of amides is 1. The lowest BCUT2D eigenvalue weighted by atomic mass is 10.1. The maximum Gasteiger partial charge on any atom is 0.387 e. The van der Waals surface area contributed by atoms with Gasteiger partial charge < -0.3 is 10.1 Å². The molecular formula is C21H24F2N2O4S. The first kappa shape index (κ1) is 22.2. The van der Waals surface area contributed by atoms with E-state index in [9.17, 15) is 22.0 Å². The molecule has 0 spiro atoms. The van der Waals surface area contributed by atoms with E-state index < -0.39 is 28.6 Å². The molecule has 1 amide bonds. The smallest absolute Gasteiger partial charge is 0.387 e. The van der Waals surface area contributed by atoms with Crippen molar-refractivity contribution in [2.75, 3.05) is 0 Å². The van der Waals surface area contributed by atoms with Gasteiger partial charge in [-0.1, -0.05) is 31.0 Å². The summed E-state index contributed by atoms with van der Waals surface area (Å²) in [6.07, 6.45) is 3.62. The van der Waals surface area contributed by atoms with Gasteiger partial charge in [0.15, 0.2) is 0 Å². The van der Waals surface area contributed by atoms with Gasteiger partial charge in [-0.05, 0) is 55.7 Å². The normalized spacial score (nSPS) is 15.9. The quantitative estimate of drug-likeness (QED) is 0.653. The molecule has 0 saturated heterocycles. The zero-order valence-corrected chi connectivity index (χ0v) is 17.3. The first-order valence-corrected chi connectivity index (χ1v) is 11.2. The third-order valence-corrected chi connectivity index (χ3v) is 6.53. The second kappa shape index (κ2) is 9.53. The monoisotopic (exact) mass is 438 g/mol. The maximum absolute atomic E-state index is 12.6. The number of benzene rings is 2. The number of nitrogens with one attached hydrogen (secondary N) is 2. The number of hydrogen-bond donors (Lipinski definition) is 2. The molecule has 9 heteroatoms. The summed E-state index contributed by atoms with van der Waals surface area (Å²) < 4.78 is 57.1. The Morgan fingerprint density at radius 3 is 2.50 bits per heavy atom. The number of rotatable bonds is 8. The van der Waals surface area contributed by atoms with Crippen molar-refractivity contribution >= 4 is 15.9 Å². The average molecular weight is 438 g/mol. The van der Waals surface area contributed by atoms with Crippen LogP contribution >= 0.6 is 0 Å². The summed E-state index contributed by atoms with van der Waals surface area (Å²) in [4.78, 5) is 12.7. The highest BCUT2D eigenvalue weighted by Gasteiger charge is 2.24. The number of halogens is 2. The summed E-state index contributed by atoms with van der Waals surface area (Å²) in [5.41, 5.74) is 0.768. The van der Waals surface area contributed by atoms with E-state index in [0.717, 1.165) is 25.7 Å². The minimum absolute atomic E-state index is 0.00493. The molecule has 1 aliphatic rings. The molecule has 0 bridgehead atoms. The van der Waals surface area contributed by atoms with Crippen molar-refractivity contribution in [3.8, 4) is 5.75 Å². The van der Waals surface area contributed by atoms with Gasteiger partial charge in [0.2, 0.25) is 10.0 Å². The summed E-state index contributed by atoms with van der Waals surface area (Å²) in [5.74, 6) is -0.477. The third-order valence-electron chi connectivity index (χ3n) is 5.01. The average Bonchev–Trinajstić information content (AvgIpc) is 3.20. The largest absolute Gasteiger partial charge is 0.435 e. The Morgan fingerprint density at radius 2 is 1.80 bits per heavy atom. The van der Waals surface area contributed by atoms with Gasteiger partial charge in [0.1, 0.15) is 5.75 Å². The van der Waals surface area contributed by atoms with Crippen LogP contribution in [-0.2, 0) is 10.0 Å². The molecule has 1 aliphatic carbocycles. The fourth-order valence-electron chi connectivity index (χ4n) is 3.46. The van der Waals surface area contributed by atoms with Crippen molar-refractivity contribution in [3.05, 3.63) is 59.7 Å². The number of hydrogen-bond acceptors (Lipinski definition) is 4.